The second-order valence-electron chi connectivity index (χ2n) is 18.2. The fraction of sp³-hybridized carbons (Fsp3) is 0.772. The Balaban J connectivity index is -0.000000280. The van der Waals surface area contributed by atoms with Gasteiger partial charge in [0.05, 0.1) is 65.7 Å². The van der Waals surface area contributed by atoms with Gasteiger partial charge in [0, 0.05) is 67.2 Å². The number of hydrogen-bond donors (Lipinski definition) is 0. The van der Waals surface area contributed by atoms with Gasteiger partial charge in [0.15, 0.2) is 37.8 Å². The first kappa shape index (κ1) is 87.4. The number of carbonyl (C=O) groups excluding carboxylic acids is 13. The van der Waals surface area contributed by atoms with E-state index in [0.717, 1.165) is 51.6 Å². The van der Waals surface area contributed by atoms with Gasteiger partial charge in [0.1, 0.15) is 36.2 Å². The molecular formula is C57H98O28. The lowest BCUT2D eigenvalue weighted by Crippen LogP contribution is -2.40. The van der Waals surface area contributed by atoms with E-state index < -0.39 is 48.0 Å². The molecule has 28 heteroatoms. The summed E-state index contributed by atoms with van der Waals surface area (Å²) in [5, 5.41) is 0. The molecule has 0 bridgehead atoms. The van der Waals surface area contributed by atoms with E-state index in [4.69, 9.17) is 28.4 Å². The van der Waals surface area contributed by atoms with Crippen molar-refractivity contribution in [3.8, 4) is 0 Å². The van der Waals surface area contributed by atoms with Gasteiger partial charge in [0.2, 0.25) is 0 Å². The lowest BCUT2D eigenvalue weighted by atomic mass is 10.1. The standard InChI is InChI=1S/C8H16O2.C7H14O3.C6H8O4.C6H10O4.C6H10O2.C6H12O2.C5H8O3.C5H10O2.C4H4O4.C4H6O2/c1-8(9)6-4-3-5-7-10-2;1-7(8)3-4-10-6-5-9-2;1-3-5(7)10-4(2)6(8)9-3;1-3-5(7)10-4-6(8)9-2;7-6-4-2-1-3-5-8-6;1-5(7)4-6(2)8-3;6-5-1-2-7-3-4-8-5;1-4(6)5(2)7-3;5-3-1-7-4(6)2-8-3;1-3-2-4(5)6-3/h3-7H2,1-2H3;3-6H2,1-2H3;3-4H,1-2H3;3-4H2,1-2H3;1-5H2;6H,4H2,1-3H3;1-4H2;5H,1-3H3;1-2H2;3H,2H2,1H3. The number of ether oxygens (including phenoxy) is 15. The third-order valence-electron chi connectivity index (χ3n) is 10.1. The molecule has 5 fully saturated rings. The number of cyclic esters (lactones) is 7. The van der Waals surface area contributed by atoms with E-state index in [1.165, 1.54) is 35.0 Å². The lowest BCUT2D eigenvalue weighted by Gasteiger charge is -2.22. The van der Waals surface area contributed by atoms with Gasteiger partial charge >= 0.3 is 53.7 Å². The van der Waals surface area contributed by atoms with Crippen LogP contribution < -0.4 is 0 Å². The fourth-order valence-corrected chi connectivity index (χ4v) is 5.01. The van der Waals surface area contributed by atoms with Crippen molar-refractivity contribution in [2.75, 3.05) is 108 Å². The molecule has 5 aliphatic rings. The molecular weight excluding hydrogens is 1130 g/mol. The average Bonchev–Trinajstić information content (AvgIpc) is 3.97. The zero-order valence-electron chi connectivity index (χ0n) is 52.8. The molecule has 0 aromatic heterocycles. The van der Waals surface area contributed by atoms with Crippen LogP contribution in [0.4, 0.5) is 0 Å². The van der Waals surface area contributed by atoms with E-state index in [1.54, 1.807) is 55.9 Å². The van der Waals surface area contributed by atoms with Crippen molar-refractivity contribution < 1.29 is 133 Å². The molecule has 5 atom stereocenters. The molecule has 5 rings (SSSR count). The minimum absolute atomic E-state index is 0.0255. The van der Waals surface area contributed by atoms with Crippen LogP contribution in [0, 0.1) is 0 Å². The predicted octanol–water partition coefficient (Wildman–Crippen LogP) is 4.46. The summed E-state index contributed by atoms with van der Waals surface area (Å²) in [5.41, 5.74) is 0. The Hall–Kier alpha value is -6.33. The van der Waals surface area contributed by atoms with Crippen LogP contribution >= 0.6 is 0 Å². The monoisotopic (exact) mass is 1230 g/mol. The third-order valence-corrected chi connectivity index (χ3v) is 10.1. The smallest absolute Gasteiger partial charge is 0.347 e. The molecule has 28 nitrogen and oxygen atoms in total. The second-order valence-corrected chi connectivity index (χ2v) is 18.2. The summed E-state index contributed by atoms with van der Waals surface area (Å²) in [5.74, 6) is -2.40. The highest BCUT2D eigenvalue weighted by molar-refractivity contribution is 5.87. The fourth-order valence-electron chi connectivity index (χ4n) is 5.01. The minimum atomic E-state index is -0.747. The van der Waals surface area contributed by atoms with Gasteiger partial charge in [-0.2, -0.15) is 0 Å². The highest BCUT2D eigenvalue weighted by atomic mass is 16.7. The summed E-state index contributed by atoms with van der Waals surface area (Å²) in [6.07, 6.45) is 8.60. The van der Waals surface area contributed by atoms with E-state index in [9.17, 15) is 62.3 Å². The van der Waals surface area contributed by atoms with Gasteiger partial charge in [-0.3, -0.25) is 33.6 Å². The number of unbranched alkanes of at least 4 members (excludes halogenated alkanes) is 2. The molecule has 5 saturated heterocycles. The second kappa shape index (κ2) is 60.8. The molecule has 0 aromatic carbocycles. The van der Waals surface area contributed by atoms with Crippen molar-refractivity contribution in [2.24, 2.45) is 0 Å². The summed E-state index contributed by atoms with van der Waals surface area (Å²) < 4.78 is 69.4. The number of esters is 9. The lowest BCUT2D eigenvalue weighted by molar-refractivity contribution is -0.191. The van der Waals surface area contributed by atoms with Gasteiger partial charge in [-0.25, -0.2) is 24.0 Å². The van der Waals surface area contributed by atoms with Gasteiger partial charge in [-0.15, -0.1) is 0 Å². The summed E-state index contributed by atoms with van der Waals surface area (Å²) in [4.78, 5) is 134. The molecule has 0 aromatic rings. The van der Waals surface area contributed by atoms with Crippen LogP contribution in [0.25, 0.3) is 0 Å². The largest absolute Gasteiger partial charge is 0.466 e. The van der Waals surface area contributed by atoms with E-state index in [2.05, 4.69) is 42.6 Å². The zero-order chi connectivity index (χ0) is 66.0. The maximum Gasteiger partial charge on any atom is 0.347 e. The molecule has 494 valence electrons. The SMILES string of the molecule is CC1CC(=O)O1.CC1OC(=O)C(C)OC1=O.CCC(=O)OCC(=O)OC.COC(C)C(C)=O.COC(C)CC(C)=O.COCCCCCC(C)=O.COCCOCCC(C)=O.O=C1CCCCCO1.O=C1CCOCCO1.O=C1COC(=O)CO1. The van der Waals surface area contributed by atoms with Crippen molar-refractivity contribution in [1.82, 2.24) is 0 Å². The van der Waals surface area contributed by atoms with Gasteiger partial charge in [-0.05, 0) is 94.4 Å². The average molecular weight is 1230 g/mol. The molecule has 0 spiro atoms. The topological polar surface area (TPSA) is 360 Å². The van der Waals surface area contributed by atoms with Crippen molar-refractivity contribution in [3.05, 3.63) is 0 Å². The summed E-state index contributed by atoms with van der Waals surface area (Å²) >= 11 is 0. The Morgan fingerprint density at radius 3 is 1.47 bits per heavy atom. The molecule has 0 aliphatic carbocycles. The Morgan fingerprint density at radius 2 is 1.07 bits per heavy atom. The van der Waals surface area contributed by atoms with Crippen LogP contribution in [0.2, 0.25) is 0 Å². The number of rotatable bonds is 20. The van der Waals surface area contributed by atoms with E-state index >= 15 is 0 Å². The Morgan fingerprint density at radius 1 is 0.529 bits per heavy atom. The first-order chi connectivity index (χ1) is 40.1. The number of carbonyl (C=O) groups is 13. The molecule has 85 heavy (non-hydrogen) atoms. The van der Waals surface area contributed by atoms with Crippen LogP contribution in [-0.2, 0) is 133 Å². The van der Waals surface area contributed by atoms with Crippen molar-refractivity contribution >= 4 is 76.9 Å². The number of methoxy groups -OCH3 is 5. The van der Waals surface area contributed by atoms with Crippen molar-refractivity contribution in [3.63, 3.8) is 0 Å². The van der Waals surface area contributed by atoms with E-state index in [-0.39, 0.29) is 85.6 Å². The van der Waals surface area contributed by atoms with Crippen LogP contribution in [0.15, 0.2) is 0 Å². The van der Waals surface area contributed by atoms with Crippen LogP contribution in [0.1, 0.15) is 153 Å². The van der Waals surface area contributed by atoms with Crippen LogP contribution in [0.5, 0.6) is 0 Å². The predicted molar refractivity (Wildman–Crippen MR) is 300 cm³/mol. The highest BCUT2D eigenvalue weighted by Gasteiger charge is 2.32. The van der Waals surface area contributed by atoms with Crippen molar-refractivity contribution in [1.29, 1.82) is 0 Å². The van der Waals surface area contributed by atoms with E-state index in [1.807, 2.05) is 13.8 Å². The molecule has 0 saturated carbocycles. The first-order valence-electron chi connectivity index (χ1n) is 27.7. The van der Waals surface area contributed by atoms with Gasteiger partial charge in [-0.1, -0.05) is 13.3 Å². The number of hydrogen-bond acceptors (Lipinski definition) is 28. The Labute approximate surface area is 500 Å². The molecule has 0 amide bonds. The summed E-state index contributed by atoms with van der Waals surface area (Å²) in [7, 11) is 7.68. The highest BCUT2D eigenvalue weighted by Crippen LogP contribution is 2.11. The molecule has 0 radical (unpaired) electrons. The minimum Gasteiger partial charge on any atom is -0.466 e. The van der Waals surface area contributed by atoms with Crippen LogP contribution in [-0.4, -0.2) is 216 Å². The third kappa shape index (κ3) is 68.3. The first-order valence-corrected chi connectivity index (χ1v) is 27.7. The molecule has 5 unspecified atom stereocenters. The number of Topliss-reactive ketones (excluding diaryl/α,β-unsaturated/α-hetero) is 4. The van der Waals surface area contributed by atoms with Gasteiger partial charge < -0.3 is 75.8 Å². The van der Waals surface area contributed by atoms with Crippen LogP contribution in [0.3, 0.4) is 0 Å². The van der Waals surface area contributed by atoms with Gasteiger partial charge in [0.25, 0.3) is 0 Å². The maximum absolute atomic E-state index is 10.7. The maximum atomic E-state index is 10.7. The quantitative estimate of drug-likeness (QED) is 0.0922. The number of ketones is 4. The normalized spacial score (nSPS) is 17.7. The molecule has 5 heterocycles. The Bertz CT molecular complexity index is 1750. The Kier molecular flexibility index (Phi) is 62.5. The molecule has 0 N–H and O–H groups in total. The summed E-state index contributed by atoms with van der Waals surface area (Å²) in [6.45, 7) is 20.2. The molecule has 5 aliphatic heterocycles. The van der Waals surface area contributed by atoms with Crippen molar-refractivity contribution in [2.45, 2.75) is 183 Å². The van der Waals surface area contributed by atoms with E-state index in [0.29, 0.717) is 78.4 Å². The summed E-state index contributed by atoms with van der Waals surface area (Å²) in [6, 6.07) is 0. The zero-order valence-corrected chi connectivity index (χ0v) is 52.8.